The Morgan fingerprint density at radius 3 is 2.48 bits per heavy atom. The van der Waals surface area contributed by atoms with Crippen molar-refractivity contribution in [3.8, 4) is 11.5 Å². The summed E-state index contributed by atoms with van der Waals surface area (Å²) >= 11 is 0. The highest BCUT2D eigenvalue weighted by Gasteiger charge is 2.19. The van der Waals surface area contributed by atoms with Gasteiger partial charge in [0.2, 0.25) is 0 Å². The summed E-state index contributed by atoms with van der Waals surface area (Å²) in [6, 6.07) is 15.0. The van der Waals surface area contributed by atoms with Crippen molar-refractivity contribution >= 4 is 11.6 Å². The van der Waals surface area contributed by atoms with Crippen molar-refractivity contribution in [2.45, 2.75) is 6.92 Å². The summed E-state index contributed by atoms with van der Waals surface area (Å²) in [5.74, 6) is 1.29. The van der Waals surface area contributed by atoms with Crippen LogP contribution in [-0.2, 0) is 0 Å². The quantitative estimate of drug-likeness (QED) is 0.868. The highest BCUT2D eigenvalue weighted by atomic mass is 16.6. The minimum atomic E-state index is -0.0410. The van der Waals surface area contributed by atoms with E-state index in [0.717, 1.165) is 5.69 Å². The van der Waals surface area contributed by atoms with E-state index in [0.29, 0.717) is 36.8 Å². The number of carbonyl (C=O) groups is 1. The van der Waals surface area contributed by atoms with Gasteiger partial charge in [-0.2, -0.15) is 0 Å². The van der Waals surface area contributed by atoms with Crippen molar-refractivity contribution in [2.75, 3.05) is 24.7 Å². The summed E-state index contributed by atoms with van der Waals surface area (Å²) in [6.45, 7) is 3.63. The van der Waals surface area contributed by atoms with Gasteiger partial charge in [0, 0.05) is 17.8 Å². The fourth-order valence-electron chi connectivity index (χ4n) is 2.38. The Kier molecular flexibility index (Phi) is 3.77. The van der Waals surface area contributed by atoms with Crippen LogP contribution in [0.4, 0.5) is 5.69 Å². The molecule has 1 aliphatic heterocycles. The lowest BCUT2D eigenvalue weighted by Crippen LogP contribution is -2.30. The molecule has 0 aromatic heterocycles. The fraction of sp³-hybridized carbons (Fsp3) is 0.235. The molecule has 2 aromatic rings. The molecular weight excluding hydrogens is 266 g/mol. The summed E-state index contributed by atoms with van der Waals surface area (Å²) < 4.78 is 11.0. The van der Waals surface area contributed by atoms with Gasteiger partial charge in [-0.05, 0) is 37.3 Å². The molecule has 3 rings (SSSR count). The number of hydrogen-bond acceptors (Lipinski definition) is 3. The van der Waals surface area contributed by atoms with E-state index >= 15 is 0 Å². The van der Waals surface area contributed by atoms with Gasteiger partial charge in [-0.3, -0.25) is 4.79 Å². The summed E-state index contributed by atoms with van der Waals surface area (Å²) in [5.41, 5.74) is 1.49. The maximum absolute atomic E-state index is 12.7. The number of amides is 1. The first-order valence-corrected chi connectivity index (χ1v) is 7.06. The first-order valence-electron chi connectivity index (χ1n) is 7.06. The van der Waals surface area contributed by atoms with Crippen molar-refractivity contribution in [3.05, 3.63) is 54.1 Å². The third kappa shape index (κ3) is 2.70. The molecule has 0 radical (unpaired) electrons. The fourth-order valence-corrected chi connectivity index (χ4v) is 2.38. The first kappa shape index (κ1) is 13.5. The largest absolute Gasteiger partial charge is 0.486 e. The first-order chi connectivity index (χ1) is 10.3. The molecule has 108 valence electrons. The predicted molar refractivity (Wildman–Crippen MR) is 81.2 cm³/mol. The van der Waals surface area contributed by atoms with Crippen LogP contribution in [0.2, 0.25) is 0 Å². The molecule has 0 spiro atoms. The maximum atomic E-state index is 12.7. The summed E-state index contributed by atoms with van der Waals surface area (Å²) in [4.78, 5) is 14.4. The zero-order chi connectivity index (χ0) is 14.7. The Morgan fingerprint density at radius 2 is 1.76 bits per heavy atom. The number of benzene rings is 2. The Balaban J connectivity index is 1.90. The van der Waals surface area contributed by atoms with E-state index in [9.17, 15) is 4.79 Å². The molecular formula is C17H17NO3. The highest BCUT2D eigenvalue weighted by molar-refractivity contribution is 6.06. The highest BCUT2D eigenvalue weighted by Crippen LogP contribution is 2.31. The van der Waals surface area contributed by atoms with Gasteiger partial charge in [-0.15, -0.1) is 0 Å². The molecule has 0 saturated heterocycles. The lowest BCUT2D eigenvalue weighted by atomic mass is 10.1. The molecule has 4 heteroatoms. The molecule has 0 saturated carbocycles. The van der Waals surface area contributed by atoms with Crippen molar-refractivity contribution in [1.82, 2.24) is 0 Å². The maximum Gasteiger partial charge on any atom is 0.258 e. The lowest BCUT2D eigenvalue weighted by molar-refractivity contribution is 0.0987. The number of carbonyl (C=O) groups excluding carboxylic acids is 1. The molecule has 1 aliphatic rings. The van der Waals surface area contributed by atoms with E-state index in [1.54, 1.807) is 23.1 Å². The van der Waals surface area contributed by atoms with E-state index in [2.05, 4.69) is 0 Å². The van der Waals surface area contributed by atoms with Crippen LogP contribution < -0.4 is 14.4 Å². The predicted octanol–water partition coefficient (Wildman–Crippen LogP) is 3.12. The van der Waals surface area contributed by atoms with Crippen LogP contribution >= 0.6 is 0 Å². The zero-order valence-electron chi connectivity index (χ0n) is 11.9. The molecule has 0 N–H and O–H groups in total. The Bertz CT molecular complexity index is 640. The van der Waals surface area contributed by atoms with Crippen LogP contribution in [0, 0.1) is 0 Å². The van der Waals surface area contributed by atoms with Gasteiger partial charge in [0.05, 0.1) is 0 Å². The second-order valence-corrected chi connectivity index (χ2v) is 4.74. The van der Waals surface area contributed by atoms with Gasteiger partial charge in [-0.25, -0.2) is 0 Å². The molecule has 1 amide bonds. The number of hydrogen-bond donors (Lipinski definition) is 0. The Hall–Kier alpha value is -2.49. The third-order valence-corrected chi connectivity index (χ3v) is 3.42. The minimum absolute atomic E-state index is 0.0410. The van der Waals surface area contributed by atoms with E-state index in [-0.39, 0.29) is 5.91 Å². The number of fused-ring (bicyclic) bond motifs is 1. The van der Waals surface area contributed by atoms with Gasteiger partial charge >= 0.3 is 0 Å². The molecule has 0 atom stereocenters. The molecule has 0 unspecified atom stereocenters. The molecule has 0 bridgehead atoms. The monoisotopic (exact) mass is 283 g/mol. The standard InChI is InChI=1S/C17H17NO3/c1-2-18(14-6-4-3-5-7-14)17(19)13-8-9-15-16(12-13)21-11-10-20-15/h3-9,12H,2,10-11H2,1H3. The average molecular weight is 283 g/mol. The number of ether oxygens (including phenoxy) is 2. The van der Waals surface area contributed by atoms with Crippen molar-refractivity contribution in [1.29, 1.82) is 0 Å². The van der Waals surface area contributed by atoms with Crippen LogP contribution in [-0.4, -0.2) is 25.7 Å². The topological polar surface area (TPSA) is 38.8 Å². The van der Waals surface area contributed by atoms with Gasteiger partial charge < -0.3 is 14.4 Å². The summed E-state index contributed by atoms with van der Waals surface area (Å²) in [6.07, 6.45) is 0. The Morgan fingerprint density at radius 1 is 1.05 bits per heavy atom. The van der Waals surface area contributed by atoms with E-state index in [1.807, 2.05) is 37.3 Å². The molecule has 1 heterocycles. The smallest absolute Gasteiger partial charge is 0.258 e. The lowest BCUT2D eigenvalue weighted by Gasteiger charge is -2.23. The number of nitrogens with zero attached hydrogens (tertiary/aromatic N) is 1. The second-order valence-electron chi connectivity index (χ2n) is 4.74. The number of rotatable bonds is 3. The average Bonchev–Trinajstić information content (AvgIpc) is 2.56. The van der Waals surface area contributed by atoms with E-state index in [4.69, 9.17) is 9.47 Å². The minimum Gasteiger partial charge on any atom is -0.486 e. The van der Waals surface area contributed by atoms with Crippen molar-refractivity contribution in [2.24, 2.45) is 0 Å². The Labute approximate surface area is 123 Å². The summed E-state index contributed by atoms with van der Waals surface area (Å²) in [5, 5.41) is 0. The summed E-state index contributed by atoms with van der Waals surface area (Å²) in [7, 11) is 0. The molecule has 2 aromatic carbocycles. The zero-order valence-corrected chi connectivity index (χ0v) is 11.9. The molecule has 21 heavy (non-hydrogen) atoms. The second kappa shape index (κ2) is 5.87. The van der Waals surface area contributed by atoms with Crippen LogP contribution in [0.15, 0.2) is 48.5 Å². The van der Waals surface area contributed by atoms with Crippen LogP contribution in [0.3, 0.4) is 0 Å². The van der Waals surface area contributed by atoms with Crippen LogP contribution in [0.25, 0.3) is 0 Å². The van der Waals surface area contributed by atoms with Crippen LogP contribution in [0.5, 0.6) is 11.5 Å². The van der Waals surface area contributed by atoms with Crippen LogP contribution in [0.1, 0.15) is 17.3 Å². The normalized spacial score (nSPS) is 12.8. The SMILES string of the molecule is CCN(C(=O)c1ccc2c(c1)OCCO2)c1ccccc1. The van der Waals surface area contributed by atoms with Gasteiger partial charge in [0.25, 0.3) is 5.91 Å². The number of anilines is 1. The molecule has 4 nitrogen and oxygen atoms in total. The van der Waals surface area contributed by atoms with E-state index in [1.165, 1.54) is 0 Å². The van der Waals surface area contributed by atoms with Crippen molar-refractivity contribution in [3.63, 3.8) is 0 Å². The molecule has 0 aliphatic carbocycles. The van der Waals surface area contributed by atoms with Gasteiger partial charge in [0.1, 0.15) is 13.2 Å². The number of para-hydroxylation sites is 1. The third-order valence-electron chi connectivity index (χ3n) is 3.42. The van der Waals surface area contributed by atoms with Gasteiger partial charge in [-0.1, -0.05) is 18.2 Å². The van der Waals surface area contributed by atoms with Gasteiger partial charge in [0.15, 0.2) is 11.5 Å². The van der Waals surface area contributed by atoms with Crippen molar-refractivity contribution < 1.29 is 14.3 Å². The molecule has 0 fully saturated rings. The van der Waals surface area contributed by atoms with E-state index < -0.39 is 0 Å².